The van der Waals surface area contributed by atoms with E-state index in [1.54, 1.807) is 16.2 Å². The van der Waals surface area contributed by atoms with Crippen LogP contribution in [0.2, 0.25) is 0 Å². The lowest BCUT2D eigenvalue weighted by Crippen LogP contribution is -2.38. The van der Waals surface area contributed by atoms with Gasteiger partial charge in [0, 0.05) is 15.9 Å². The first kappa shape index (κ1) is 12.8. The molecule has 0 radical (unpaired) electrons. The van der Waals surface area contributed by atoms with Gasteiger partial charge in [0.15, 0.2) is 5.84 Å². The maximum atomic E-state index is 12.2. The highest BCUT2D eigenvalue weighted by molar-refractivity contribution is 7.27. The van der Waals surface area contributed by atoms with Crippen LogP contribution in [0.4, 0.5) is 0 Å². The Hall–Kier alpha value is -1.60. The van der Waals surface area contributed by atoms with Crippen LogP contribution in [-0.2, 0) is 0 Å². The fraction of sp³-hybridized carbons (Fsp3) is 0.273. The van der Waals surface area contributed by atoms with Crippen LogP contribution in [0, 0.1) is 0 Å². The zero-order valence-electron chi connectivity index (χ0n) is 9.79. The molecule has 96 valence electrons. The molecule has 0 saturated heterocycles. The monoisotopic (exact) mass is 283 g/mol. The molecular weight excluding hydrogens is 270 g/mol. The number of amides is 1. The molecule has 7 heteroatoms. The van der Waals surface area contributed by atoms with Crippen molar-refractivity contribution in [2.75, 3.05) is 13.1 Å². The molecule has 0 bridgehead atoms. The number of thiophene rings is 2. The van der Waals surface area contributed by atoms with Crippen molar-refractivity contribution < 1.29 is 10.0 Å². The second-order valence-corrected chi connectivity index (χ2v) is 5.70. The molecule has 0 aliphatic heterocycles. The molecule has 2 heterocycles. The van der Waals surface area contributed by atoms with Crippen LogP contribution in [0.25, 0.3) is 9.40 Å². The van der Waals surface area contributed by atoms with E-state index in [0.29, 0.717) is 11.4 Å². The van der Waals surface area contributed by atoms with Gasteiger partial charge >= 0.3 is 0 Å². The number of nitrogens with two attached hydrogens (primary N) is 1. The first-order chi connectivity index (χ1) is 8.65. The van der Waals surface area contributed by atoms with Crippen LogP contribution >= 0.6 is 22.7 Å². The third-order valence-corrected chi connectivity index (χ3v) is 4.58. The third-order valence-electron chi connectivity index (χ3n) is 2.50. The van der Waals surface area contributed by atoms with Gasteiger partial charge in [-0.25, -0.2) is 0 Å². The molecule has 1 amide bonds. The average Bonchev–Trinajstić information content (AvgIpc) is 2.95. The van der Waals surface area contributed by atoms with Crippen molar-refractivity contribution >= 4 is 43.8 Å². The maximum absolute atomic E-state index is 12.2. The molecule has 2 aromatic rings. The van der Waals surface area contributed by atoms with Gasteiger partial charge in [0.25, 0.3) is 5.91 Å². The van der Waals surface area contributed by atoms with Gasteiger partial charge in [-0.2, -0.15) is 0 Å². The lowest BCUT2D eigenvalue weighted by Gasteiger charge is -2.18. The standard InChI is InChI=1S/C11H13N3O2S2/c1-2-14(6-10(12)13-16)11(15)9-5-8-7(18-9)3-4-17-8/h3-5,16H,2,6H2,1H3,(H2,12,13). The minimum absolute atomic E-state index is 0.0311. The number of hydrogen-bond acceptors (Lipinski definition) is 5. The van der Waals surface area contributed by atoms with E-state index in [0.717, 1.165) is 9.40 Å². The largest absolute Gasteiger partial charge is 0.409 e. The number of amidine groups is 1. The molecule has 0 aliphatic carbocycles. The fourth-order valence-electron chi connectivity index (χ4n) is 1.58. The van der Waals surface area contributed by atoms with E-state index >= 15 is 0 Å². The van der Waals surface area contributed by atoms with Crippen molar-refractivity contribution in [3.8, 4) is 0 Å². The number of hydrogen-bond donors (Lipinski definition) is 2. The Kier molecular flexibility index (Phi) is 3.83. The highest BCUT2D eigenvalue weighted by Gasteiger charge is 2.18. The lowest BCUT2D eigenvalue weighted by molar-refractivity contribution is 0.0791. The number of oxime groups is 1. The molecule has 0 saturated carbocycles. The second kappa shape index (κ2) is 5.36. The van der Waals surface area contributed by atoms with Gasteiger partial charge in [0.05, 0.1) is 11.4 Å². The SMILES string of the molecule is CCN(C/C(N)=N/O)C(=O)c1cc2sccc2s1. The van der Waals surface area contributed by atoms with Crippen molar-refractivity contribution in [3.05, 3.63) is 22.4 Å². The molecule has 0 aromatic carbocycles. The second-order valence-electron chi connectivity index (χ2n) is 3.67. The van der Waals surface area contributed by atoms with Crippen LogP contribution in [0.5, 0.6) is 0 Å². The molecular formula is C11H13N3O2S2. The summed E-state index contributed by atoms with van der Waals surface area (Å²) in [4.78, 5) is 14.5. The zero-order chi connectivity index (χ0) is 13.1. The minimum Gasteiger partial charge on any atom is -0.409 e. The summed E-state index contributed by atoms with van der Waals surface area (Å²) in [7, 11) is 0. The normalized spacial score (nSPS) is 11.9. The van der Waals surface area contributed by atoms with Gasteiger partial charge in [-0.1, -0.05) is 5.16 Å². The molecule has 2 aromatic heterocycles. The first-order valence-corrected chi connectivity index (χ1v) is 7.08. The van der Waals surface area contributed by atoms with E-state index in [4.69, 9.17) is 10.9 Å². The van der Waals surface area contributed by atoms with Crippen LogP contribution in [0.1, 0.15) is 16.6 Å². The Morgan fingerprint density at radius 3 is 2.94 bits per heavy atom. The van der Waals surface area contributed by atoms with Crippen molar-refractivity contribution in [2.45, 2.75) is 6.92 Å². The number of carbonyl (C=O) groups is 1. The Morgan fingerprint density at radius 2 is 2.33 bits per heavy atom. The summed E-state index contributed by atoms with van der Waals surface area (Å²) in [5, 5.41) is 13.4. The van der Waals surface area contributed by atoms with Crippen LogP contribution in [0.3, 0.4) is 0 Å². The van der Waals surface area contributed by atoms with Crippen LogP contribution in [-0.4, -0.2) is 34.9 Å². The molecule has 0 spiro atoms. The Bertz CT molecular complexity index is 559. The number of nitrogens with zero attached hydrogens (tertiary/aromatic N) is 2. The number of fused-ring (bicyclic) bond motifs is 1. The molecule has 5 nitrogen and oxygen atoms in total. The van der Waals surface area contributed by atoms with Crippen molar-refractivity contribution in [1.82, 2.24) is 4.90 Å². The lowest BCUT2D eigenvalue weighted by atomic mass is 10.3. The van der Waals surface area contributed by atoms with Crippen molar-refractivity contribution in [1.29, 1.82) is 0 Å². The molecule has 2 rings (SSSR count). The summed E-state index contributed by atoms with van der Waals surface area (Å²) >= 11 is 3.08. The van der Waals surface area contributed by atoms with Gasteiger partial charge in [-0.15, -0.1) is 22.7 Å². The van der Waals surface area contributed by atoms with Gasteiger partial charge < -0.3 is 15.8 Å². The predicted molar refractivity (Wildman–Crippen MR) is 74.7 cm³/mol. The van der Waals surface area contributed by atoms with E-state index in [-0.39, 0.29) is 18.3 Å². The summed E-state index contributed by atoms with van der Waals surface area (Å²) in [6, 6.07) is 3.89. The first-order valence-electron chi connectivity index (χ1n) is 5.38. The van der Waals surface area contributed by atoms with Gasteiger partial charge in [0.1, 0.15) is 0 Å². The Morgan fingerprint density at radius 1 is 1.56 bits per heavy atom. The van der Waals surface area contributed by atoms with E-state index < -0.39 is 0 Å². The smallest absolute Gasteiger partial charge is 0.264 e. The zero-order valence-corrected chi connectivity index (χ0v) is 11.4. The van der Waals surface area contributed by atoms with Crippen molar-refractivity contribution in [3.63, 3.8) is 0 Å². The molecule has 0 atom stereocenters. The Labute approximate surface area is 112 Å². The fourth-order valence-corrected chi connectivity index (χ4v) is 3.66. The average molecular weight is 283 g/mol. The van der Waals surface area contributed by atoms with E-state index in [1.807, 2.05) is 24.4 Å². The van der Waals surface area contributed by atoms with E-state index in [9.17, 15) is 4.79 Å². The number of carbonyl (C=O) groups excluding carboxylic acids is 1. The summed E-state index contributed by atoms with van der Waals surface area (Å²) in [6.07, 6.45) is 0. The van der Waals surface area contributed by atoms with Crippen LogP contribution in [0.15, 0.2) is 22.7 Å². The molecule has 0 unspecified atom stereocenters. The highest BCUT2D eigenvalue weighted by Crippen LogP contribution is 2.30. The van der Waals surface area contributed by atoms with Gasteiger partial charge in [-0.3, -0.25) is 4.79 Å². The minimum atomic E-state index is -0.0856. The Balaban J connectivity index is 2.21. The van der Waals surface area contributed by atoms with Gasteiger partial charge in [-0.05, 0) is 24.4 Å². The van der Waals surface area contributed by atoms with Gasteiger partial charge in [0.2, 0.25) is 0 Å². The number of rotatable bonds is 4. The number of likely N-dealkylation sites (N-methyl/N-ethyl adjacent to an activating group) is 1. The molecule has 3 N–H and O–H groups in total. The topological polar surface area (TPSA) is 78.9 Å². The molecule has 18 heavy (non-hydrogen) atoms. The molecule has 0 aliphatic rings. The maximum Gasteiger partial charge on any atom is 0.264 e. The third kappa shape index (κ3) is 2.46. The summed E-state index contributed by atoms with van der Waals surface area (Å²) in [5.74, 6) is -0.0546. The van der Waals surface area contributed by atoms with E-state index in [2.05, 4.69) is 5.16 Å². The summed E-state index contributed by atoms with van der Waals surface area (Å²) in [5.41, 5.74) is 5.43. The van der Waals surface area contributed by atoms with E-state index in [1.165, 1.54) is 11.3 Å². The van der Waals surface area contributed by atoms with Crippen molar-refractivity contribution in [2.24, 2.45) is 10.9 Å². The highest BCUT2D eigenvalue weighted by atomic mass is 32.1. The molecule has 0 fully saturated rings. The predicted octanol–water partition coefficient (Wildman–Crippen LogP) is 2.17. The van der Waals surface area contributed by atoms with Crippen LogP contribution < -0.4 is 5.73 Å². The summed E-state index contributed by atoms with van der Waals surface area (Å²) < 4.78 is 2.23. The quantitative estimate of drug-likeness (QED) is 0.390. The summed E-state index contributed by atoms with van der Waals surface area (Å²) in [6.45, 7) is 2.51.